The lowest BCUT2D eigenvalue weighted by molar-refractivity contribution is 0.307. The number of aromatic nitrogens is 1. The fraction of sp³-hybridized carbons (Fsp3) is 0.217. The molecule has 3 heteroatoms. The van der Waals surface area contributed by atoms with Gasteiger partial charge in [-0.1, -0.05) is 24.3 Å². The molecule has 0 N–H and O–H groups in total. The van der Waals surface area contributed by atoms with Crippen LogP contribution in [-0.2, 0) is 6.42 Å². The molecule has 0 saturated carbocycles. The maximum Gasteiger partial charge on any atom is 0.119 e. The fourth-order valence-corrected chi connectivity index (χ4v) is 2.96. The first-order chi connectivity index (χ1) is 12.8. The third-order valence-corrected chi connectivity index (χ3v) is 4.37. The zero-order chi connectivity index (χ0) is 18.2. The number of hydrogen-bond acceptors (Lipinski definition) is 3. The van der Waals surface area contributed by atoms with Crippen molar-refractivity contribution in [2.45, 2.75) is 26.2 Å². The van der Waals surface area contributed by atoms with E-state index in [-0.39, 0.29) is 0 Å². The van der Waals surface area contributed by atoms with Gasteiger partial charge < -0.3 is 4.74 Å². The SMILES string of the molecule is Cc1cc(C#N)ccc1-c1ccc(OCCCCc2cccnc2)cc1. The molecular weight excluding hydrogens is 320 g/mol. The van der Waals surface area contributed by atoms with Crippen molar-refractivity contribution in [3.8, 4) is 22.9 Å². The standard InChI is InChI=1S/C23H22N2O/c1-18-15-20(16-24)7-12-23(18)21-8-10-22(11-9-21)26-14-3-2-5-19-6-4-13-25-17-19/h4,6-13,15,17H,2-3,5,14H2,1H3. The maximum atomic E-state index is 8.98. The molecule has 1 aromatic heterocycles. The summed E-state index contributed by atoms with van der Waals surface area (Å²) in [6, 6.07) is 20.2. The Labute approximate surface area is 154 Å². The minimum absolute atomic E-state index is 0.692. The van der Waals surface area contributed by atoms with Crippen LogP contribution in [0, 0.1) is 18.3 Å². The van der Waals surface area contributed by atoms with Crippen LogP contribution in [0.15, 0.2) is 67.0 Å². The first-order valence-corrected chi connectivity index (χ1v) is 8.89. The van der Waals surface area contributed by atoms with E-state index in [1.807, 2.05) is 49.5 Å². The lowest BCUT2D eigenvalue weighted by Crippen LogP contribution is -1.98. The van der Waals surface area contributed by atoms with Crippen molar-refractivity contribution >= 4 is 0 Å². The predicted molar refractivity (Wildman–Crippen MR) is 104 cm³/mol. The van der Waals surface area contributed by atoms with E-state index >= 15 is 0 Å². The second-order valence-corrected chi connectivity index (χ2v) is 6.33. The summed E-state index contributed by atoms with van der Waals surface area (Å²) in [4.78, 5) is 4.13. The predicted octanol–water partition coefficient (Wildman–Crippen LogP) is 5.33. The fourth-order valence-electron chi connectivity index (χ4n) is 2.96. The van der Waals surface area contributed by atoms with Crippen LogP contribution in [0.5, 0.6) is 5.75 Å². The van der Waals surface area contributed by atoms with E-state index in [0.29, 0.717) is 5.56 Å². The summed E-state index contributed by atoms with van der Waals surface area (Å²) in [6.45, 7) is 2.75. The largest absolute Gasteiger partial charge is 0.494 e. The molecule has 0 atom stereocenters. The van der Waals surface area contributed by atoms with Crippen LogP contribution in [0.2, 0.25) is 0 Å². The van der Waals surface area contributed by atoms with Gasteiger partial charge >= 0.3 is 0 Å². The van der Waals surface area contributed by atoms with E-state index in [0.717, 1.165) is 48.3 Å². The normalized spacial score (nSPS) is 10.3. The van der Waals surface area contributed by atoms with Crippen LogP contribution in [0.25, 0.3) is 11.1 Å². The molecule has 0 aliphatic carbocycles. The Kier molecular flexibility index (Phi) is 6.01. The molecule has 3 rings (SSSR count). The molecule has 0 bridgehead atoms. The van der Waals surface area contributed by atoms with Gasteiger partial charge in [-0.05, 0) is 78.8 Å². The summed E-state index contributed by atoms with van der Waals surface area (Å²) >= 11 is 0. The summed E-state index contributed by atoms with van der Waals surface area (Å²) in [5, 5.41) is 8.98. The van der Waals surface area contributed by atoms with Gasteiger partial charge in [0.15, 0.2) is 0 Å². The molecule has 0 saturated heterocycles. The van der Waals surface area contributed by atoms with Crippen molar-refractivity contribution in [2.75, 3.05) is 6.61 Å². The lowest BCUT2D eigenvalue weighted by atomic mass is 9.99. The number of nitrogens with zero attached hydrogens (tertiary/aromatic N) is 2. The Balaban J connectivity index is 1.49. The highest BCUT2D eigenvalue weighted by Gasteiger charge is 2.04. The summed E-state index contributed by atoms with van der Waals surface area (Å²) in [7, 11) is 0. The first-order valence-electron chi connectivity index (χ1n) is 8.89. The Morgan fingerprint density at radius 2 is 1.88 bits per heavy atom. The minimum Gasteiger partial charge on any atom is -0.494 e. The third-order valence-electron chi connectivity index (χ3n) is 4.37. The van der Waals surface area contributed by atoms with Gasteiger partial charge in [0.05, 0.1) is 18.2 Å². The second kappa shape index (κ2) is 8.82. The highest BCUT2D eigenvalue weighted by molar-refractivity contribution is 5.68. The zero-order valence-corrected chi connectivity index (χ0v) is 15.0. The molecule has 0 fully saturated rings. The van der Waals surface area contributed by atoms with Crippen LogP contribution >= 0.6 is 0 Å². The Bertz CT molecular complexity index is 880. The molecule has 0 spiro atoms. The highest BCUT2D eigenvalue weighted by atomic mass is 16.5. The van der Waals surface area contributed by atoms with E-state index in [1.54, 1.807) is 6.20 Å². The molecule has 26 heavy (non-hydrogen) atoms. The summed E-state index contributed by atoms with van der Waals surface area (Å²) in [5.74, 6) is 0.890. The number of aryl methyl sites for hydroxylation is 2. The van der Waals surface area contributed by atoms with Gasteiger partial charge in [0.1, 0.15) is 5.75 Å². The Morgan fingerprint density at radius 3 is 2.58 bits per heavy atom. The topological polar surface area (TPSA) is 45.9 Å². The molecular formula is C23H22N2O. The third kappa shape index (κ3) is 4.70. The number of nitriles is 1. The molecule has 0 unspecified atom stereocenters. The van der Waals surface area contributed by atoms with Gasteiger partial charge in [-0.15, -0.1) is 0 Å². The van der Waals surface area contributed by atoms with Crippen LogP contribution in [0.3, 0.4) is 0 Å². The number of pyridine rings is 1. The van der Waals surface area contributed by atoms with Crippen molar-refractivity contribution in [1.29, 1.82) is 5.26 Å². The monoisotopic (exact) mass is 342 g/mol. The lowest BCUT2D eigenvalue weighted by Gasteiger charge is -2.09. The maximum absolute atomic E-state index is 8.98. The molecule has 0 amide bonds. The van der Waals surface area contributed by atoms with Gasteiger partial charge in [0.25, 0.3) is 0 Å². The first kappa shape index (κ1) is 17.7. The van der Waals surface area contributed by atoms with Crippen molar-refractivity contribution in [2.24, 2.45) is 0 Å². The quantitative estimate of drug-likeness (QED) is 0.545. The molecule has 0 aliphatic heterocycles. The summed E-state index contributed by atoms with van der Waals surface area (Å²) < 4.78 is 5.84. The molecule has 130 valence electrons. The smallest absolute Gasteiger partial charge is 0.119 e. The van der Waals surface area contributed by atoms with Crippen LogP contribution in [0.4, 0.5) is 0 Å². The van der Waals surface area contributed by atoms with E-state index in [9.17, 15) is 0 Å². The molecule has 0 radical (unpaired) electrons. The van der Waals surface area contributed by atoms with Crippen LogP contribution in [-0.4, -0.2) is 11.6 Å². The second-order valence-electron chi connectivity index (χ2n) is 6.33. The van der Waals surface area contributed by atoms with Gasteiger partial charge in [0.2, 0.25) is 0 Å². The average Bonchev–Trinajstić information content (AvgIpc) is 2.69. The van der Waals surface area contributed by atoms with Crippen molar-refractivity contribution in [1.82, 2.24) is 4.98 Å². The molecule has 1 heterocycles. The number of benzene rings is 2. The van der Waals surface area contributed by atoms with Gasteiger partial charge in [-0.25, -0.2) is 0 Å². The number of rotatable bonds is 7. The Hall–Kier alpha value is -3.12. The van der Waals surface area contributed by atoms with Crippen molar-refractivity contribution in [3.05, 3.63) is 83.7 Å². The minimum atomic E-state index is 0.692. The van der Waals surface area contributed by atoms with Crippen LogP contribution < -0.4 is 4.74 Å². The molecule has 3 nitrogen and oxygen atoms in total. The van der Waals surface area contributed by atoms with Gasteiger partial charge in [0, 0.05) is 12.4 Å². The zero-order valence-electron chi connectivity index (χ0n) is 15.0. The van der Waals surface area contributed by atoms with E-state index in [1.165, 1.54) is 5.56 Å². The summed E-state index contributed by atoms with van der Waals surface area (Å²) in [6.07, 6.45) is 6.87. The Morgan fingerprint density at radius 1 is 1.04 bits per heavy atom. The van der Waals surface area contributed by atoms with Crippen molar-refractivity contribution in [3.63, 3.8) is 0 Å². The van der Waals surface area contributed by atoms with E-state index in [2.05, 4.69) is 29.3 Å². The number of ether oxygens (including phenoxy) is 1. The van der Waals surface area contributed by atoms with Crippen LogP contribution in [0.1, 0.15) is 29.5 Å². The average molecular weight is 342 g/mol. The highest BCUT2D eigenvalue weighted by Crippen LogP contribution is 2.26. The number of unbranched alkanes of at least 4 members (excludes halogenated alkanes) is 1. The van der Waals surface area contributed by atoms with Crippen molar-refractivity contribution < 1.29 is 4.74 Å². The molecule has 3 aromatic rings. The van der Waals surface area contributed by atoms with E-state index in [4.69, 9.17) is 10.00 Å². The molecule has 0 aliphatic rings. The van der Waals surface area contributed by atoms with Gasteiger partial charge in [-0.2, -0.15) is 5.26 Å². The summed E-state index contributed by atoms with van der Waals surface area (Å²) in [5.41, 5.74) is 5.35. The van der Waals surface area contributed by atoms with E-state index < -0.39 is 0 Å². The number of hydrogen-bond donors (Lipinski definition) is 0. The molecule has 2 aromatic carbocycles. The van der Waals surface area contributed by atoms with Gasteiger partial charge in [-0.3, -0.25) is 4.98 Å².